The Bertz CT molecular complexity index is 697. The normalized spacial score (nSPS) is 13.2. The van der Waals surface area contributed by atoms with Crippen molar-refractivity contribution in [3.05, 3.63) is 23.8 Å². The first-order valence-electron chi connectivity index (χ1n) is 7.70. The molecule has 0 spiro atoms. The summed E-state index contributed by atoms with van der Waals surface area (Å²) < 4.78 is 4.51. The van der Waals surface area contributed by atoms with Crippen LogP contribution < -0.4 is 10.6 Å². The summed E-state index contributed by atoms with van der Waals surface area (Å²) in [5.74, 6) is -3.30. The Kier molecular flexibility index (Phi) is 5.93. The largest absolute Gasteiger partial charge is 0.507 e. The number of benzene rings is 1. The second-order valence-electron chi connectivity index (χ2n) is 5.45. The average molecular weight is 349 g/mol. The number of esters is 1. The van der Waals surface area contributed by atoms with Crippen LogP contribution >= 0.6 is 0 Å². The summed E-state index contributed by atoms with van der Waals surface area (Å²) in [6.45, 7) is 1.06. The highest BCUT2D eigenvalue weighted by Crippen LogP contribution is 2.22. The molecule has 0 atom stereocenters. The van der Waals surface area contributed by atoms with Crippen molar-refractivity contribution in [2.75, 3.05) is 32.1 Å². The van der Waals surface area contributed by atoms with Gasteiger partial charge in [-0.15, -0.1) is 0 Å². The van der Waals surface area contributed by atoms with Crippen molar-refractivity contribution in [3.63, 3.8) is 0 Å². The van der Waals surface area contributed by atoms with Crippen molar-refractivity contribution in [1.29, 1.82) is 0 Å². The van der Waals surface area contributed by atoms with E-state index in [-0.39, 0.29) is 29.5 Å². The predicted octanol–water partition coefficient (Wildman–Crippen LogP) is -0.144. The van der Waals surface area contributed by atoms with Gasteiger partial charge in [-0.05, 0) is 31.0 Å². The molecule has 1 saturated heterocycles. The van der Waals surface area contributed by atoms with Crippen LogP contribution in [-0.2, 0) is 19.1 Å². The maximum atomic E-state index is 11.9. The van der Waals surface area contributed by atoms with Gasteiger partial charge in [0, 0.05) is 18.8 Å². The first-order valence-corrected chi connectivity index (χ1v) is 7.70. The zero-order valence-electron chi connectivity index (χ0n) is 13.7. The number of carbonyl (C=O) groups is 4. The Hall–Kier alpha value is -3.10. The minimum Gasteiger partial charge on any atom is -0.507 e. The minimum atomic E-state index is -0.990. The highest BCUT2D eigenvalue weighted by atomic mass is 16.5. The zero-order valence-corrected chi connectivity index (χ0v) is 13.7. The standard InChI is InChI=1S/C16H19N3O6/c1-25-16(24)11-8-10(4-5-12(11)20)18-15(23)14(22)17-9-13(21)19-6-2-3-7-19/h4-5,8,20H,2-3,6-7,9H2,1H3,(H,17,22)(H,18,23). The summed E-state index contributed by atoms with van der Waals surface area (Å²) in [6, 6.07) is 3.70. The van der Waals surface area contributed by atoms with Crippen LogP contribution in [0.5, 0.6) is 5.75 Å². The van der Waals surface area contributed by atoms with Crippen molar-refractivity contribution in [3.8, 4) is 5.75 Å². The average Bonchev–Trinajstić information content (AvgIpc) is 3.14. The van der Waals surface area contributed by atoms with E-state index in [1.807, 2.05) is 0 Å². The maximum absolute atomic E-state index is 11.9. The molecular weight excluding hydrogens is 330 g/mol. The van der Waals surface area contributed by atoms with Crippen LogP contribution in [-0.4, -0.2) is 60.4 Å². The molecule has 0 aromatic heterocycles. The van der Waals surface area contributed by atoms with E-state index >= 15 is 0 Å². The van der Waals surface area contributed by atoms with Gasteiger partial charge >= 0.3 is 17.8 Å². The van der Waals surface area contributed by atoms with E-state index in [4.69, 9.17) is 0 Å². The fourth-order valence-electron chi connectivity index (χ4n) is 2.39. The first kappa shape index (κ1) is 18.2. The quantitative estimate of drug-likeness (QED) is 0.395. The number of nitrogens with zero attached hydrogens (tertiary/aromatic N) is 1. The van der Waals surface area contributed by atoms with E-state index in [1.54, 1.807) is 4.90 Å². The molecule has 9 heteroatoms. The summed E-state index contributed by atoms with van der Waals surface area (Å²) in [6.07, 6.45) is 1.87. The van der Waals surface area contributed by atoms with Crippen LogP contribution in [0.3, 0.4) is 0 Å². The smallest absolute Gasteiger partial charge is 0.341 e. The lowest BCUT2D eigenvalue weighted by Crippen LogP contribution is -2.42. The lowest BCUT2D eigenvalue weighted by molar-refractivity contribution is -0.138. The highest BCUT2D eigenvalue weighted by molar-refractivity contribution is 6.39. The second kappa shape index (κ2) is 8.13. The molecule has 134 valence electrons. The van der Waals surface area contributed by atoms with Gasteiger partial charge in [-0.25, -0.2) is 4.79 Å². The molecular formula is C16H19N3O6. The molecule has 2 rings (SSSR count). The van der Waals surface area contributed by atoms with E-state index in [0.29, 0.717) is 13.1 Å². The van der Waals surface area contributed by atoms with E-state index < -0.39 is 17.8 Å². The third kappa shape index (κ3) is 4.69. The van der Waals surface area contributed by atoms with E-state index in [9.17, 15) is 24.3 Å². The number of rotatable bonds is 4. The number of likely N-dealkylation sites (tertiary alicyclic amines) is 1. The number of aromatic hydroxyl groups is 1. The Morgan fingerprint density at radius 1 is 1.16 bits per heavy atom. The van der Waals surface area contributed by atoms with Crippen molar-refractivity contribution < 1.29 is 29.0 Å². The molecule has 1 aliphatic heterocycles. The van der Waals surface area contributed by atoms with Crippen molar-refractivity contribution in [2.45, 2.75) is 12.8 Å². The fraction of sp³-hybridized carbons (Fsp3) is 0.375. The minimum absolute atomic E-state index is 0.129. The SMILES string of the molecule is COC(=O)c1cc(NC(=O)C(=O)NCC(=O)N2CCCC2)ccc1O. The highest BCUT2D eigenvalue weighted by Gasteiger charge is 2.21. The van der Waals surface area contributed by atoms with Gasteiger partial charge in [-0.3, -0.25) is 14.4 Å². The van der Waals surface area contributed by atoms with Gasteiger partial charge in [0.15, 0.2) is 0 Å². The van der Waals surface area contributed by atoms with Gasteiger partial charge in [0.05, 0.1) is 13.7 Å². The van der Waals surface area contributed by atoms with Crippen molar-refractivity contribution in [2.24, 2.45) is 0 Å². The maximum Gasteiger partial charge on any atom is 0.341 e. The van der Waals surface area contributed by atoms with Gasteiger partial charge in [0.2, 0.25) is 5.91 Å². The number of ether oxygens (including phenoxy) is 1. The number of carbonyl (C=O) groups excluding carboxylic acids is 4. The third-order valence-corrected chi connectivity index (χ3v) is 3.72. The van der Waals surface area contributed by atoms with Crippen LogP contribution in [0.1, 0.15) is 23.2 Å². The van der Waals surface area contributed by atoms with Crippen LogP contribution in [0.4, 0.5) is 5.69 Å². The summed E-state index contributed by atoms with van der Waals surface area (Å²) in [7, 11) is 1.15. The number of nitrogens with one attached hydrogen (secondary N) is 2. The van der Waals surface area contributed by atoms with Crippen LogP contribution in [0.2, 0.25) is 0 Å². The molecule has 1 heterocycles. The monoisotopic (exact) mass is 349 g/mol. The molecule has 1 aromatic carbocycles. The van der Waals surface area contributed by atoms with E-state index in [0.717, 1.165) is 20.0 Å². The Labute approximate surface area is 143 Å². The van der Waals surface area contributed by atoms with E-state index in [1.165, 1.54) is 18.2 Å². The summed E-state index contributed by atoms with van der Waals surface area (Å²) in [5.41, 5.74) is -0.0193. The molecule has 0 saturated carbocycles. The van der Waals surface area contributed by atoms with Gasteiger partial charge in [0.25, 0.3) is 0 Å². The molecule has 0 unspecified atom stereocenters. The molecule has 0 bridgehead atoms. The molecule has 9 nitrogen and oxygen atoms in total. The number of methoxy groups -OCH3 is 1. The Morgan fingerprint density at radius 2 is 1.84 bits per heavy atom. The molecule has 3 N–H and O–H groups in total. The number of amides is 3. The molecule has 1 aliphatic rings. The molecule has 1 fully saturated rings. The second-order valence-corrected chi connectivity index (χ2v) is 5.45. The lowest BCUT2D eigenvalue weighted by atomic mass is 10.1. The summed E-state index contributed by atoms with van der Waals surface area (Å²) >= 11 is 0. The number of hydrogen-bond donors (Lipinski definition) is 3. The third-order valence-electron chi connectivity index (χ3n) is 3.72. The molecule has 3 amide bonds. The van der Waals surface area contributed by atoms with Gasteiger partial charge in [-0.1, -0.05) is 0 Å². The van der Waals surface area contributed by atoms with Crippen molar-refractivity contribution in [1.82, 2.24) is 10.2 Å². The predicted molar refractivity (Wildman–Crippen MR) is 86.9 cm³/mol. The number of hydrogen-bond acceptors (Lipinski definition) is 6. The topological polar surface area (TPSA) is 125 Å². The lowest BCUT2D eigenvalue weighted by Gasteiger charge is -2.15. The summed E-state index contributed by atoms with van der Waals surface area (Å²) in [4.78, 5) is 48.6. The van der Waals surface area contributed by atoms with Crippen LogP contribution in [0, 0.1) is 0 Å². The number of anilines is 1. The van der Waals surface area contributed by atoms with Gasteiger partial charge in [0.1, 0.15) is 11.3 Å². The molecule has 1 aromatic rings. The molecule has 25 heavy (non-hydrogen) atoms. The van der Waals surface area contributed by atoms with Gasteiger partial charge < -0.3 is 25.4 Å². The number of phenolic OH excluding ortho intramolecular Hbond substituents is 1. The summed E-state index contributed by atoms with van der Waals surface area (Å²) in [5, 5.41) is 14.1. The van der Waals surface area contributed by atoms with Crippen LogP contribution in [0.25, 0.3) is 0 Å². The first-order chi connectivity index (χ1) is 11.9. The van der Waals surface area contributed by atoms with Gasteiger partial charge in [-0.2, -0.15) is 0 Å². The Morgan fingerprint density at radius 3 is 2.48 bits per heavy atom. The van der Waals surface area contributed by atoms with Crippen molar-refractivity contribution >= 4 is 29.4 Å². The zero-order chi connectivity index (χ0) is 18.4. The van der Waals surface area contributed by atoms with Crippen LogP contribution in [0.15, 0.2) is 18.2 Å². The van der Waals surface area contributed by atoms with E-state index in [2.05, 4.69) is 15.4 Å². The molecule has 0 aliphatic carbocycles. The Balaban J connectivity index is 1.91. The molecule has 0 radical (unpaired) electrons. The number of phenols is 1. The fourth-order valence-corrected chi connectivity index (χ4v) is 2.39.